The van der Waals surface area contributed by atoms with Crippen molar-refractivity contribution in [3.63, 3.8) is 0 Å². The van der Waals surface area contributed by atoms with Gasteiger partial charge in [-0.15, -0.1) is 0 Å². The zero-order valence-corrected chi connectivity index (χ0v) is 10.6. The van der Waals surface area contributed by atoms with E-state index in [0.29, 0.717) is 8.58 Å². The SMILES string of the molecule is COc1ccc(CPc2ccccc2F)cc1. The Labute approximate surface area is 102 Å². The van der Waals surface area contributed by atoms with Crippen LogP contribution in [0.1, 0.15) is 5.56 Å². The van der Waals surface area contributed by atoms with E-state index in [1.807, 2.05) is 36.4 Å². The molecule has 0 spiro atoms. The monoisotopic (exact) mass is 248 g/mol. The van der Waals surface area contributed by atoms with E-state index >= 15 is 0 Å². The van der Waals surface area contributed by atoms with Gasteiger partial charge in [-0.1, -0.05) is 38.9 Å². The van der Waals surface area contributed by atoms with Gasteiger partial charge in [0, 0.05) is 5.30 Å². The molecule has 0 bridgehead atoms. The summed E-state index contributed by atoms with van der Waals surface area (Å²) >= 11 is 0. The predicted molar refractivity (Wildman–Crippen MR) is 71.0 cm³/mol. The number of halogens is 1. The van der Waals surface area contributed by atoms with Crippen LogP contribution in [0.2, 0.25) is 0 Å². The molecule has 1 atom stereocenters. The molecule has 0 saturated carbocycles. The highest BCUT2D eigenvalue weighted by atomic mass is 31.1. The van der Waals surface area contributed by atoms with Crippen LogP contribution in [0, 0.1) is 5.82 Å². The molecular formula is C14H14FOP. The van der Waals surface area contributed by atoms with Crippen molar-refractivity contribution >= 4 is 13.9 Å². The molecule has 0 heterocycles. The van der Waals surface area contributed by atoms with Crippen LogP contribution in [0.15, 0.2) is 48.5 Å². The third-order valence-corrected chi connectivity index (χ3v) is 3.89. The highest BCUT2D eigenvalue weighted by molar-refractivity contribution is 7.46. The maximum atomic E-state index is 13.4. The molecule has 0 aliphatic rings. The Balaban J connectivity index is 2.00. The number of rotatable bonds is 4. The van der Waals surface area contributed by atoms with Gasteiger partial charge in [0.2, 0.25) is 0 Å². The molecule has 0 saturated heterocycles. The van der Waals surface area contributed by atoms with Crippen molar-refractivity contribution in [1.82, 2.24) is 0 Å². The Morgan fingerprint density at radius 1 is 1.06 bits per heavy atom. The maximum absolute atomic E-state index is 13.4. The summed E-state index contributed by atoms with van der Waals surface area (Å²) in [4.78, 5) is 0. The molecule has 2 aromatic carbocycles. The topological polar surface area (TPSA) is 9.23 Å². The first-order valence-corrected chi connectivity index (χ1v) is 6.61. The third kappa shape index (κ3) is 3.28. The van der Waals surface area contributed by atoms with Crippen LogP contribution in [-0.4, -0.2) is 7.11 Å². The van der Waals surface area contributed by atoms with Crippen LogP contribution in [0.3, 0.4) is 0 Å². The number of hydrogen-bond acceptors (Lipinski definition) is 1. The molecule has 0 N–H and O–H groups in total. The molecule has 3 heteroatoms. The molecular weight excluding hydrogens is 234 g/mol. The molecule has 1 nitrogen and oxygen atoms in total. The van der Waals surface area contributed by atoms with Crippen molar-refractivity contribution in [3.05, 3.63) is 59.9 Å². The van der Waals surface area contributed by atoms with Crippen LogP contribution in [0.4, 0.5) is 4.39 Å². The second kappa shape index (κ2) is 5.79. The Morgan fingerprint density at radius 3 is 2.41 bits per heavy atom. The van der Waals surface area contributed by atoms with E-state index in [1.54, 1.807) is 13.2 Å². The Morgan fingerprint density at radius 2 is 1.76 bits per heavy atom. The van der Waals surface area contributed by atoms with Crippen LogP contribution in [0.25, 0.3) is 0 Å². The van der Waals surface area contributed by atoms with Gasteiger partial charge < -0.3 is 4.74 Å². The summed E-state index contributed by atoms with van der Waals surface area (Å²) in [5, 5.41) is 0.795. The highest BCUT2D eigenvalue weighted by Crippen LogP contribution is 2.21. The number of ether oxygens (including phenoxy) is 1. The predicted octanol–water partition coefficient (Wildman–Crippen LogP) is 3.34. The lowest BCUT2D eigenvalue weighted by Gasteiger charge is -2.05. The lowest BCUT2D eigenvalue weighted by molar-refractivity contribution is 0.414. The first-order valence-electron chi connectivity index (χ1n) is 5.41. The summed E-state index contributed by atoms with van der Waals surface area (Å²) in [6, 6.07) is 14.9. The zero-order chi connectivity index (χ0) is 12.1. The van der Waals surface area contributed by atoms with Crippen LogP contribution < -0.4 is 10.0 Å². The summed E-state index contributed by atoms with van der Waals surface area (Å²) in [5.74, 6) is 0.738. The third-order valence-electron chi connectivity index (χ3n) is 2.52. The van der Waals surface area contributed by atoms with E-state index in [4.69, 9.17) is 4.74 Å². The standard InChI is InChI=1S/C14H14FOP/c1-16-12-8-6-11(7-9-12)10-17-14-5-3-2-4-13(14)15/h2-9,17H,10H2,1H3. The molecule has 2 rings (SSSR count). The van der Waals surface area contributed by atoms with Gasteiger partial charge >= 0.3 is 0 Å². The smallest absolute Gasteiger partial charge is 0.130 e. The number of methoxy groups -OCH3 is 1. The number of benzene rings is 2. The summed E-state index contributed by atoms with van der Waals surface area (Å²) in [6.07, 6.45) is 0.866. The first-order chi connectivity index (χ1) is 8.29. The Hall–Kier alpha value is -1.40. The molecule has 1 unspecified atom stereocenters. The Bertz CT molecular complexity index is 482. The first kappa shape index (κ1) is 12.1. The summed E-state index contributed by atoms with van der Waals surface area (Å²) in [7, 11) is 2.11. The molecule has 0 aliphatic carbocycles. The maximum Gasteiger partial charge on any atom is 0.130 e. The van der Waals surface area contributed by atoms with Gasteiger partial charge in [0.1, 0.15) is 11.6 Å². The van der Waals surface area contributed by atoms with Crippen LogP contribution in [0.5, 0.6) is 5.75 Å². The lowest BCUT2D eigenvalue weighted by Crippen LogP contribution is -2.00. The molecule has 0 aliphatic heterocycles. The van der Waals surface area contributed by atoms with Crippen molar-refractivity contribution in [2.24, 2.45) is 0 Å². The summed E-state index contributed by atoms with van der Waals surface area (Å²) < 4.78 is 18.5. The Kier molecular flexibility index (Phi) is 4.11. The molecule has 0 radical (unpaired) electrons. The van der Waals surface area contributed by atoms with Crippen molar-refractivity contribution in [1.29, 1.82) is 0 Å². The van der Waals surface area contributed by atoms with Crippen molar-refractivity contribution in [2.45, 2.75) is 6.16 Å². The zero-order valence-electron chi connectivity index (χ0n) is 9.61. The van der Waals surface area contributed by atoms with E-state index in [0.717, 1.165) is 17.2 Å². The largest absolute Gasteiger partial charge is 0.497 e. The lowest BCUT2D eigenvalue weighted by atomic mass is 10.2. The number of hydrogen-bond donors (Lipinski definition) is 0. The fourth-order valence-corrected chi connectivity index (χ4v) is 2.64. The van der Waals surface area contributed by atoms with Gasteiger partial charge in [-0.3, -0.25) is 0 Å². The van der Waals surface area contributed by atoms with Gasteiger partial charge in [-0.05, 0) is 29.9 Å². The van der Waals surface area contributed by atoms with Crippen LogP contribution in [-0.2, 0) is 6.16 Å². The average Bonchev–Trinajstić information content (AvgIpc) is 2.38. The van der Waals surface area contributed by atoms with Gasteiger partial charge in [0.25, 0.3) is 0 Å². The molecule has 2 aromatic rings. The van der Waals surface area contributed by atoms with E-state index in [2.05, 4.69) is 0 Å². The molecule has 0 fully saturated rings. The minimum absolute atomic E-state index is 0.112. The minimum Gasteiger partial charge on any atom is -0.497 e. The quantitative estimate of drug-likeness (QED) is 0.754. The minimum atomic E-state index is -0.112. The van der Waals surface area contributed by atoms with Gasteiger partial charge in [0.05, 0.1) is 7.11 Å². The van der Waals surface area contributed by atoms with Gasteiger partial charge in [-0.2, -0.15) is 0 Å². The second-order valence-corrected chi connectivity index (χ2v) is 4.93. The van der Waals surface area contributed by atoms with E-state index < -0.39 is 0 Å². The molecule has 88 valence electrons. The van der Waals surface area contributed by atoms with E-state index in [-0.39, 0.29) is 5.82 Å². The van der Waals surface area contributed by atoms with Crippen molar-refractivity contribution in [3.8, 4) is 5.75 Å². The normalized spacial score (nSPS) is 10.9. The fraction of sp³-hybridized carbons (Fsp3) is 0.143. The molecule has 0 aromatic heterocycles. The van der Waals surface area contributed by atoms with Crippen molar-refractivity contribution < 1.29 is 9.13 Å². The van der Waals surface area contributed by atoms with Crippen LogP contribution >= 0.6 is 8.58 Å². The van der Waals surface area contributed by atoms with Gasteiger partial charge in [0.15, 0.2) is 0 Å². The second-order valence-electron chi connectivity index (χ2n) is 3.68. The average molecular weight is 248 g/mol. The molecule has 17 heavy (non-hydrogen) atoms. The van der Waals surface area contributed by atoms with E-state index in [1.165, 1.54) is 11.6 Å². The summed E-state index contributed by atoms with van der Waals surface area (Å²) in [6.45, 7) is 0. The fourth-order valence-electron chi connectivity index (χ4n) is 1.55. The summed E-state index contributed by atoms with van der Waals surface area (Å²) in [5.41, 5.74) is 1.20. The molecule has 0 amide bonds. The van der Waals surface area contributed by atoms with E-state index in [9.17, 15) is 4.39 Å². The van der Waals surface area contributed by atoms with Crippen molar-refractivity contribution in [2.75, 3.05) is 7.11 Å². The van der Waals surface area contributed by atoms with Gasteiger partial charge in [-0.25, -0.2) is 4.39 Å². The highest BCUT2D eigenvalue weighted by Gasteiger charge is 2.01.